The molecule has 1 rings (SSSR count). The van der Waals surface area contributed by atoms with Crippen molar-refractivity contribution in [3.05, 3.63) is 39.9 Å². The molecule has 0 atom stereocenters. The van der Waals surface area contributed by atoms with E-state index in [1.54, 1.807) is 26.2 Å². The van der Waals surface area contributed by atoms with Gasteiger partial charge in [-0.15, -0.1) is 0 Å². The van der Waals surface area contributed by atoms with Crippen LogP contribution in [0.25, 0.3) is 0 Å². The van der Waals surface area contributed by atoms with Crippen LogP contribution in [0.3, 0.4) is 0 Å². The fourth-order valence-electron chi connectivity index (χ4n) is 1.33. The summed E-state index contributed by atoms with van der Waals surface area (Å²) in [5, 5.41) is 18.0. The molecule has 0 saturated heterocycles. The SMILES string of the molecule is COCCNC(=S)N/N=C(/C)c1ccc([N+](=O)[O-])cc1. The molecule has 0 bridgehead atoms. The Labute approximate surface area is 122 Å². The molecule has 1 aromatic rings. The van der Waals surface area contributed by atoms with Crippen LogP contribution < -0.4 is 10.7 Å². The predicted octanol–water partition coefficient (Wildman–Crippen LogP) is 1.43. The first kappa shape index (κ1) is 16.0. The van der Waals surface area contributed by atoms with Gasteiger partial charge in [0.2, 0.25) is 0 Å². The van der Waals surface area contributed by atoms with Crippen molar-refractivity contribution < 1.29 is 9.66 Å². The fourth-order valence-corrected chi connectivity index (χ4v) is 1.48. The third kappa shape index (κ3) is 5.29. The highest BCUT2D eigenvalue weighted by Gasteiger charge is 2.05. The molecule has 0 amide bonds. The molecule has 108 valence electrons. The Bertz CT molecular complexity index is 502. The van der Waals surface area contributed by atoms with Crippen molar-refractivity contribution in [1.29, 1.82) is 0 Å². The molecule has 7 nitrogen and oxygen atoms in total. The Morgan fingerprint density at radius 3 is 2.65 bits per heavy atom. The van der Waals surface area contributed by atoms with Crippen molar-refractivity contribution in [1.82, 2.24) is 10.7 Å². The lowest BCUT2D eigenvalue weighted by atomic mass is 10.1. The maximum absolute atomic E-state index is 10.5. The summed E-state index contributed by atoms with van der Waals surface area (Å²) < 4.78 is 4.88. The highest BCUT2D eigenvalue weighted by Crippen LogP contribution is 2.12. The average Bonchev–Trinajstić information content (AvgIpc) is 2.45. The highest BCUT2D eigenvalue weighted by molar-refractivity contribution is 7.80. The first-order chi connectivity index (χ1) is 9.54. The molecular weight excluding hydrogens is 280 g/mol. The second kappa shape index (κ2) is 8.18. The molecule has 0 unspecified atom stereocenters. The summed E-state index contributed by atoms with van der Waals surface area (Å²) in [5.41, 5.74) is 4.20. The number of hydrazone groups is 1. The van der Waals surface area contributed by atoms with Gasteiger partial charge in [0, 0.05) is 25.8 Å². The summed E-state index contributed by atoms with van der Waals surface area (Å²) in [4.78, 5) is 10.1. The predicted molar refractivity (Wildman–Crippen MR) is 80.9 cm³/mol. The number of nitro benzene ring substituents is 1. The lowest BCUT2D eigenvalue weighted by Gasteiger charge is -2.07. The lowest BCUT2D eigenvalue weighted by Crippen LogP contribution is -2.34. The number of non-ortho nitro benzene ring substituents is 1. The van der Waals surface area contributed by atoms with E-state index >= 15 is 0 Å². The van der Waals surface area contributed by atoms with Gasteiger partial charge in [-0.3, -0.25) is 15.5 Å². The van der Waals surface area contributed by atoms with Crippen LogP contribution in [0.4, 0.5) is 5.69 Å². The second-order valence-electron chi connectivity index (χ2n) is 3.86. The third-order valence-electron chi connectivity index (χ3n) is 2.41. The third-order valence-corrected chi connectivity index (χ3v) is 2.65. The van der Waals surface area contributed by atoms with E-state index in [0.717, 1.165) is 5.56 Å². The van der Waals surface area contributed by atoms with E-state index in [1.165, 1.54) is 12.1 Å². The van der Waals surface area contributed by atoms with Crippen LogP contribution in [-0.2, 0) is 4.74 Å². The van der Waals surface area contributed by atoms with Gasteiger partial charge in [-0.2, -0.15) is 5.10 Å². The Hall–Kier alpha value is -2.06. The van der Waals surface area contributed by atoms with Gasteiger partial charge in [0.15, 0.2) is 5.11 Å². The van der Waals surface area contributed by atoms with Crippen LogP contribution in [-0.4, -0.2) is 36.0 Å². The maximum atomic E-state index is 10.5. The zero-order valence-corrected chi connectivity index (χ0v) is 12.1. The largest absolute Gasteiger partial charge is 0.383 e. The summed E-state index contributed by atoms with van der Waals surface area (Å²) in [6.07, 6.45) is 0. The number of nitrogens with one attached hydrogen (secondary N) is 2. The van der Waals surface area contributed by atoms with Crippen molar-refractivity contribution >= 4 is 28.7 Å². The topological polar surface area (TPSA) is 88.8 Å². The molecule has 0 aliphatic carbocycles. The van der Waals surface area contributed by atoms with Gasteiger partial charge in [-0.1, -0.05) is 0 Å². The number of benzene rings is 1. The summed E-state index contributed by atoms with van der Waals surface area (Å²) in [7, 11) is 1.61. The standard InChI is InChI=1S/C12H16N4O3S/c1-9(14-15-12(20)13-7-8-19-2)10-3-5-11(6-4-10)16(17)18/h3-6H,7-8H2,1-2H3,(H2,13,15,20)/b14-9-. The van der Waals surface area contributed by atoms with Crippen LogP contribution in [0, 0.1) is 10.1 Å². The minimum atomic E-state index is -0.441. The van der Waals surface area contributed by atoms with Gasteiger partial charge in [0.25, 0.3) is 5.69 Å². The van der Waals surface area contributed by atoms with Gasteiger partial charge in [-0.25, -0.2) is 0 Å². The molecule has 2 N–H and O–H groups in total. The Balaban J connectivity index is 2.55. The van der Waals surface area contributed by atoms with Crippen LogP contribution in [0.1, 0.15) is 12.5 Å². The number of nitro groups is 1. The van der Waals surface area contributed by atoms with Gasteiger partial charge in [-0.05, 0) is 36.8 Å². The molecule has 0 aromatic heterocycles. The monoisotopic (exact) mass is 296 g/mol. The minimum absolute atomic E-state index is 0.0475. The van der Waals surface area contributed by atoms with E-state index in [-0.39, 0.29) is 5.69 Å². The smallest absolute Gasteiger partial charge is 0.269 e. The zero-order valence-electron chi connectivity index (χ0n) is 11.3. The van der Waals surface area contributed by atoms with Gasteiger partial charge in [0.1, 0.15) is 0 Å². The number of ether oxygens (including phenoxy) is 1. The lowest BCUT2D eigenvalue weighted by molar-refractivity contribution is -0.384. The quantitative estimate of drug-likeness (QED) is 0.271. The van der Waals surface area contributed by atoms with E-state index in [0.29, 0.717) is 24.0 Å². The fraction of sp³-hybridized carbons (Fsp3) is 0.333. The molecule has 0 aliphatic heterocycles. The van der Waals surface area contributed by atoms with Crippen molar-refractivity contribution in [2.24, 2.45) is 5.10 Å². The zero-order chi connectivity index (χ0) is 15.0. The molecular formula is C12H16N4O3S. The van der Waals surface area contributed by atoms with E-state index in [9.17, 15) is 10.1 Å². The Morgan fingerprint density at radius 2 is 2.10 bits per heavy atom. The van der Waals surface area contributed by atoms with Crippen LogP contribution >= 0.6 is 12.2 Å². The second-order valence-corrected chi connectivity index (χ2v) is 4.27. The Morgan fingerprint density at radius 1 is 1.45 bits per heavy atom. The van der Waals surface area contributed by atoms with Gasteiger partial charge >= 0.3 is 0 Å². The van der Waals surface area contributed by atoms with Crippen molar-refractivity contribution in [2.45, 2.75) is 6.92 Å². The van der Waals surface area contributed by atoms with Crippen molar-refractivity contribution in [3.8, 4) is 0 Å². The first-order valence-electron chi connectivity index (χ1n) is 5.86. The number of nitrogens with zero attached hydrogens (tertiary/aromatic N) is 2. The molecule has 8 heteroatoms. The molecule has 0 heterocycles. The number of thiocarbonyl (C=S) groups is 1. The summed E-state index contributed by atoms with van der Waals surface area (Å²) in [6.45, 7) is 2.92. The number of rotatable bonds is 6. The molecule has 0 fully saturated rings. The summed E-state index contributed by atoms with van der Waals surface area (Å²) in [5.74, 6) is 0. The van der Waals surface area contributed by atoms with Gasteiger partial charge < -0.3 is 10.1 Å². The summed E-state index contributed by atoms with van der Waals surface area (Å²) >= 11 is 5.02. The van der Waals surface area contributed by atoms with Crippen LogP contribution in [0.15, 0.2) is 29.4 Å². The Kier molecular flexibility index (Phi) is 6.54. The normalized spacial score (nSPS) is 11.0. The molecule has 1 aromatic carbocycles. The molecule has 0 saturated carbocycles. The summed E-state index contributed by atoms with van der Waals surface area (Å²) in [6, 6.07) is 6.15. The molecule has 0 aliphatic rings. The number of hydrogen-bond donors (Lipinski definition) is 2. The van der Waals surface area contributed by atoms with Crippen LogP contribution in [0.5, 0.6) is 0 Å². The molecule has 0 spiro atoms. The highest BCUT2D eigenvalue weighted by atomic mass is 32.1. The molecule has 20 heavy (non-hydrogen) atoms. The van der Waals surface area contributed by atoms with E-state index in [2.05, 4.69) is 15.8 Å². The number of methoxy groups -OCH3 is 1. The first-order valence-corrected chi connectivity index (χ1v) is 6.27. The number of hydrogen-bond acceptors (Lipinski definition) is 5. The van der Waals surface area contributed by atoms with Gasteiger partial charge in [0.05, 0.1) is 17.2 Å². The van der Waals surface area contributed by atoms with E-state index in [4.69, 9.17) is 17.0 Å². The maximum Gasteiger partial charge on any atom is 0.269 e. The van der Waals surface area contributed by atoms with E-state index < -0.39 is 4.92 Å². The molecule has 0 radical (unpaired) electrons. The van der Waals surface area contributed by atoms with E-state index in [1.807, 2.05) is 0 Å². The van der Waals surface area contributed by atoms with Crippen molar-refractivity contribution in [3.63, 3.8) is 0 Å². The average molecular weight is 296 g/mol. The van der Waals surface area contributed by atoms with Crippen LogP contribution in [0.2, 0.25) is 0 Å². The minimum Gasteiger partial charge on any atom is -0.383 e. The van der Waals surface area contributed by atoms with Crippen molar-refractivity contribution in [2.75, 3.05) is 20.3 Å².